The minimum absolute atomic E-state index is 0.00145. The molecule has 1 fully saturated rings. The van der Waals surface area contributed by atoms with Crippen LogP contribution in [-0.2, 0) is 9.59 Å². The number of anilines is 1. The highest BCUT2D eigenvalue weighted by Gasteiger charge is 2.35. The van der Waals surface area contributed by atoms with Gasteiger partial charge in [-0.05, 0) is 43.5 Å². The number of nitrogens with zero attached hydrogens (tertiary/aromatic N) is 3. The van der Waals surface area contributed by atoms with E-state index in [1.54, 1.807) is 0 Å². The van der Waals surface area contributed by atoms with Crippen LogP contribution >= 0.6 is 0 Å². The first-order valence-electron chi connectivity index (χ1n) is 12.6. The Morgan fingerprint density at radius 2 is 1.67 bits per heavy atom. The van der Waals surface area contributed by atoms with E-state index >= 15 is 0 Å². The highest BCUT2D eigenvalue weighted by Crippen LogP contribution is 2.25. The Labute approximate surface area is 213 Å². The molecule has 2 unspecified atom stereocenters. The smallest absolute Gasteiger partial charge is 0.322 e. The lowest BCUT2D eigenvalue weighted by Gasteiger charge is -2.42. The molecule has 0 bridgehead atoms. The molecule has 2 aromatic carbocycles. The van der Waals surface area contributed by atoms with Crippen LogP contribution < -0.4 is 4.90 Å². The van der Waals surface area contributed by atoms with Crippen LogP contribution in [0.25, 0.3) is 0 Å². The zero-order valence-electron chi connectivity index (χ0n) is 20.9. The van der Waals surface area contributed by atoms with Gasteiger partial charge in [-0.1, -0.05) is 72.8 Å². The normalized spacial score (nSPS) is 21.5. The van der Waals surface area contributed by atoms with Crippen molar-refractivity contribution in [3.63, 3.8) is 0 Å². The van der Waals surface area contributed by atoms with Crippen LogP contribution in [0.2, 0.25) is 0 Å². The third kappa shape index (κ3) is 6.59. The fourth-order valence-corrected chi connectivity index (χ4v) is 4.87. The number of Topliss-reactive ketones (excluding diaryl/α,β-unsaturated/α-hetero) is 1. The Bertz CT molecular complexity index is 1110. The van der Waals surface area contributed by atoms with Gasteiger partial charge in [0.2, 0.25) is 0 Å². The molecule has 0 spiro atoms. The number of carbonyl (C=O) groups is 2. The standard InChI is InChI=1S/C30H35N3O3/c1-24(25-13-7-5-8-14-25)31-19-20-32(29(23-31)30(35)36)21-28(34)22-33(27-17-11-6-12-18-27)26-15-9-3-2-4-10-16-26/h2-3,5-8,10-18,24,29H,4,9,19-23H2,1H3,(H,35,36)/b3-2-,16-10-,26-15?. The molecule has 2 aromatic rings. The zero-order chi connectivity index (χ0) is 25.3. The lowest BCUT2D eigenvalue weighted by molar-refractivity contribution is -0.147. The maximum Gasteiger partial charge on any atom is 0.322 e. The molecule has 0 radical (unpaired) electrons. The second-order valence-electron chi connectivity index (χ2n) is 9.34. The van der Waals surface area contributed by atoms with Crippen LogP contribution in [0.4, 0.5) is 5.69 Å². The van der Waals surface area contributed by atoms with E-state index in [9.17, 15) is 14.7 Å². The minimum Gasteiger partial charge on any atom is -0.480 e. The van der Waals surface area contributed by atoms with Crippen molar-refractivity contribution in [2.24, 2.45) is 0 Å². The molecule has 36 heavy (non-hydrogen) atoms. The van der Waals surface area contributed by atoms with Crippen molar-refractivity contribution in [1.29, 1.82) is 0 Å². The van der Waals surface area contributed by atoms with Crippen molar-refractivity contribution in [3.8, 4) is 0 Å². The fourth-order valence-electron chi connectivity index (χ4n) is 4.87. The first-order valence-corrected chi connectivity index (χ1v) is 12.6. The van der Waals surface area contributed by atoms with Crippen LogP contribution in [0.1, 0.15) is 31.4 Å². The number of carboxylic acid groups (broad SMARTS) is 1. The average molecular weight is 486 g/mol. The van der Waals surface area contributed by atoms with Crippen LogP contribution in [0.3, 0.4) is 0 Å². The minimum atomic E-state index is -0.884. The number of aliphatic carboxylic acids is 1. The summed E-state index contributed by atoms with van der Waals surface area (Å²) in [6.45, 7) is 4.06. The number of para-hydroxylation sites is 1. The molecule has 4 rings (SSSR count). The lowest BCUT2D eigenvalue weighted by Crippen LogP contribution is -2.58. The Morgan fingerprint density at radius 3 is 2.39 bits per heavy atom. The van der Waals surface area contributed by atoms with Gasteiger partial charge in [-0.2, -0.15) is 0 Å². The quantitative estimate of drug-likeness (QED) is 0.520. The van der Waals surface area contributed by atoms with Gasteiger partial charge in [-0.3, -0.25) is 19.4 Å². The van der Waals surface area contributed by atoms with Gasteiger partial charge in [0.25, 0.3) is 0 Å². The lowest BCUT2D eigenvalue weighted by atomic mass is 10.0. The Kier molecular flexibility index (Phi) is 8.87. The van der Waals surface area contributed by atoms with Crippen molar-refractivity contribution in [3.05, 3.63) is 102 Å². The predicted molar refractivity (Wildman–Crippen MR) is 144 cm³/mol. The summed E-state index contributed by atoms with van der Waals surface area (Å²) in [5, 5.41) is 10.00. The average Bonchev–Trinajstić information content (AvgIpc) is 2.88. The number of hydrogen-bond acceptors (Lipinski definition) is 5. The second kappa shape index (κ2) is 12.5. The molecule has 1 heterocycles. The topological polar surface area (TPSA) is 64.1 Å². The summed E-state index contributed by atoms with van der Waals surface area (Å²) in [6, 6.07) is 19.4. The SMILES string of the molecule is CC(c1ccccc1)N1CCN(CC(=O)CN(C2=CC/C=C\C/C=C\2)c2ccccc2)C(C(=O)O)C1. The predicted octanol–water partition coefficient (Wildman–Crippen LogP) is 4.68. The molecule has 0 amide bonds. The van der Waals surface area contributed by atoms with Gasteiger partial charge in [0, 0.05) is 37.1 Å². The molecule has 0 aromatic heterocycles. The third-order valence-electron chi connectivity index (χ3n) is 6.92. The molecule has 2 aliphatic rings. The molecule has 1 N–H and O–H groups in total. The van der Waals surface area contributed by atoms with Gasteiger partial charge in [0.15, 0.2) is 5.78 Å². The maximum absolute atomic E-state index is 13.3. The number of rotatable bonds is 9. The summed E-state index contributed by atoms with van der Waals surface area (Å²) in [4.78, 5) is 31.6. The molecular weight excluding hydrogens is 450 g/mol. The Balaban J connectivity index is 1.46. The molecule has 0 saturated carbocycles. The summed E-state index contributed by atoms with van der Waals surface area (Å²) in [6.07, 6.45) is 12.2. The zero-order valence-corrected chi connectivity index (χ0v) is 20.9. The molecule has 1 aliphatic heterocycles. The number of carboxylic acids is 1. The molecule has 188 valence electrons. The molecule has 1 aliphatic carbocycles. The number of carbonyl (C=O) groups excluding carboxylic acids is 1. The van der Waals surface area contributed by atoms with E-state index in [-0.39, 0.29) is 24.9 Å². The van der Waals surface area contributed by atoms with Crippen LogP contribution in [0, 0.1) is 0 Å². The Morgan fingerprint density at radius 1 is 0.972 bits per heavy atom. The third-order valence-corrected chi connectivity index (χ3v) is 6.92. The van der Waals surface area contributed by atoms with Crippen molar-refractivity contribution in [1.82, 2.24) is 9.80 Å². The van der Waals surface area contributed by atoms with Crippen LogP contribution in [0.15, 0.2) is 96.7 Å². The molecule has 1 saturated heterocycles. The highest BCUT2D eigenvalue weighted by molar-refractivity contribution is 5.87. The largest absolute Gasteiger partial charge is 0.480 e. The molecular formula is C30H35N3O3. The molecule has 6 nitrogen and oxygen atoms in total. The number of hydrogen-bond donors (Lipinski definition) is 1. The number of allylic oxidation sites excluding steroid dienone is 5. The van der Waals surface area contributed by atoms with Gasteiger partial charge in [-0.15, -0.1) is 0 Å². The molecule has 2 atom stereocenters. The monoisotopic (exact) mass is 485 g/mol. The van der Waals surface area contributed by atoms with Gasteiger partial charge < -0.3 is 10.0 Å². The highest BCUT2D eigenvalue weighted by atomic mass is 16.4. The Hall–Kier alpha value is -3.48. The van der Waals surface area contributed by atoms with Gasteiger partial charge in [0.1, 0.15) is 6.04 Å². The fraction of sp³-hybridized carbons (Fsp3) is 0.333. The second-order valence-corrected chi connectivity index (χ2v) is 9.34. The van der Waals surface area contributed by atoms with Crippen LogP contribution in [-0.4, -0.2) is 65.4 Å². The van der Waals surface area contributed by atoms with E-state index in [4.69, 9.17) is 0 Å². The summed E-state index contributed by atoms with van der Waals surface area (Å²) < 4.78 is 0. The van der Waals surface area contributed by atoms with Crippen molar-refractivity contribution >= 4 is 17.4 Å². The van der Waals surface area contributed by atoms with E-state index in [1.165, 1.54) is 5.56 Å². The van der Waals surface area contributed by atoms with Gasteiger partial charge >= 0.3 is 5.97 Å². The van der Waals surface area contributed by atoms with E-state index in [1.807, 2.05) is 58.3 Å². The van der Waals surface area contributed by atoms with E-state index < -0.39 is 12.0 Å². The summed E-state index contributed by atoms with van der Waals surface area (Å²) in [7, 11) is 0. The maximum atomic E-state index is 13.3. The number of ketones is 1. The van der Waals surface area contributed by atoms with E-state index in [0.29, 0.717) is 13.1 Å². The summed E-state index contributed by atoms with van der Waals surface area (Å²) in [5.41, 5.74) is 3.10. The first kappa shape index (κ1) is 25.6. The van der Waals surface area contributed by atoms with E-state index in [2.05, 4.69) is 54.3 Å². The first-order chi connectivity index (χ1) is 17.5. The van der Waals surface area contributed by atoms with Gasteiger partial charge in [0.05, 0.1) is 13.1 Å². The molecule has 6 heteroatoms. The van der Waals surface area contributed by atoms with Crippen molar-refractivity contribution < 1.29 is 14.7 Å². The summed E-state index contributed by atoms with van der Waals surface area (Å²) >= 11 is 0. The van der Waals surface area contributed by atoms with E-state index in [0.717, 1.165) is 30.8 Å². The van der Waals surface area contributed by atoms with Gasteiger partial charge in [-0.25, -0.2) is 0 Å². The summed E-state index contributed by atoms with van der Waals surface area (Å²) in [5.74, 6) is -0.883. The van der Waals surface area contributed by atoms with Crippen molar-refractivity contribution in [2.75, 3.05) is 37.6 Å². The van der Waals surface area contributed by atoms with Crippen molar-refractivity contribution in [2.45, 2.75) is 31.8 Å². The number of piperazine rings is 1. The number of benzene rings is 2. The van der Waals surface area contributed by atoms with Crippen LogP contribution in [0.5, 0.6) is 0 Å².